The van der Waals surface area contributed by atoms with Crippen molar-refractivity contribution in [1.29, 1.82) is 0 Å². The van der Waals surface area contributed by atoms with Crippen molar-refractivity contribution in [3.05, 3.63) is 0 Å². The van der Waals surface area contributed by atoms with Gasteiger partial charge in [-0.3, -0.25) is 9.59 Å². The lowest BCUT2D eigenvalue weighted by molar-refractivity contribution is -0.141. The lowest BCUT2D eigenvalue weighted by atomic mass is 10.2. The Hall–Kier alpha value is -1.10. The molecule has 1 amide bonds. The van der Waals surface area contributed by atoms with Crippen LogP contribution in [0.4, 0.5) is 0 Å². The van der Waals surface area contributed by atoms with Crippen molar-refractivity contribution >= 4 is 11.9 Å². The van der Waals surface area contributed by atoms with Gasteiger partial charge in [-0.05, 0) is 6.42 Å². The van der Waals surface area contributed by atoms with E-state index in [4.69, 9.17) is 5.11 Å². The number of aliphatic carboxylic acids is 1. The second-order valence-electron chi connectivity index (χ2n) is 3.70. The van der Waals surface area contributed by atoms with Crippen LogP contribution in [-0.2, 0) is 9.59 Å². The largest absolute Gasteiger partial charge is 0.481 e. The molecule has 5 nitrogen and oxygen atoms in total. The number of carbonyl (C=O) groups is 2. The van der Waals surface area contributed by atoms with Gasteiger partial charge >= 0.3 is 5.97 Å². The van der Waals surface area contributed by atoms with Crippen molar-refractivity contribution in [2.75, 3.05) is 13.1 Å². The van der Waals surface area contributed by atoms with Crippen LogP contribution in [0.25, 0.3) is 0 Å². The minimum absolute atomic E-state index is 0.0862. The van der Waals surface area contributed by atoms with Crippen LogP contribution in [0.15, 0.2) is 0 Å². The highest BCUT2D eigenvalue weighted by Gasteiger charge is 2.20. The normalized spacial score (nSPS) is 23.2. The molecule has 1 fully saturated rings. The molecule has 0 spiro atoms. The fraction of sp³-hybridized carbons (Fsp3) is 0.778. The molecule has 2 atom stereocenters. The van der Waals surface area contributed by atoms with E-state index in [0.717, 1.165) is 6.42 Å². The number of amides is 1. The van der Waals surface area contributed by atoms with Gasteiger partial charge in [-0.1, -0.05) is 6.92 Å². The topological polar surface area (TPSA) is 78.4 Å². The summed E-state index contributed by atoms with van der Waals surface area (Å²) in [6.45, 7) is 2.76. The van der Waals surface area contributed by atoms with Crippen LogP contribution < -0.4 is 10.6 Å². The monoisotopic (exact) mass is 200 g/mol. The zero-order valence-corrected chi connectivity index (χ0v) is 8.25. The summed E-state index contributed by atoms with van der Waals surface area (Å²) in [6.07, 6.45) is 1.42. The number of nitrogens with one attached hydrogen (secondary N) is 2. The summed E-state index contributed by atoms with van der Waals surface area (Å²) in [6, 6.07) is 0.170. The van der Waals surface area contributed by atoms with Crippen molar-refractivity contribution in [1.82, 2.24) is 10.6 Å². The summed E-state index contributed by atoms with van der Waals surface area (Å²) in [5.74, 6) is -1.09. The molecule has 1 aliphatic rings. The van der Waals surface area contributed by atoms with E-state index in [1.54, 1.807) is 6.92 Å². The molecule has 1 saturated heterocycles. The molecule has 80 valence electrons. The highest BCUT2D eigenvalue weighted by molar-refractivity contribution is 5.78. The van der Waals surface area contributed by atoms with E-state index in [1.807, 2.05) is 0 Å². The number of rotatable bonds is 5. The molecule has 5 heteroatoms. The van der Waals surface area contributed by atoms with Crippen LogP contribution in [0.1, 0.15) is 19.8 Å². The first-order chi connectivity index (χ1) is 6.59. The zero-order chi connectivity index (χ0) is 10.6. The molecule has 1 rings (SSSR count). The molecule has 3 N–H and O–H groups in total. The van der Waals surface area contributed by atoms with E-state index in [2.05, 4.69) is 10.6 Å². The molecule has 2 unspecified atom stereocenters. The van der Waals surface area contributed by atoms with Crippen LogP contribution in [0.5, 0.6) is 0 Å². The number of hydrogen-bond donors (Lipinski definition) is 3. The Morgan fingerprint density at radius 1 is 1.79 bits per heavy atom. The molecule has 0 aromatic rings. The molecule has 0 aromatic carbocycles. The summed E-state index contributed by atoms with van der Waals surface area (Å²) in [5.41, 5.74) is 0. The molecule has 1 heterocycles. The Balaban J connectivity index is 2.09. The molecule has 0 bridgehead atoms. The zero-order valence-electron chi connectivity index (χ0n) is 8.25. The van der Waals surface area contributed by atoms with E-state index in [9.17, 15) is 9.59 Å². The minimum atomic E-state index is -0.798. The van der Waals surface area contributed by atoms with Crippen LogP contribution in [-0.4, -0.2) is 36.1 Å². The average molecular weight is 200 g/mol. The van der Waals surface area contributed by atoms with Crippen LogP contribution >= 0.6 is 0 Å². The quantitative estimate of drug-likeness (QED) is 0.563. The summed E-state index contributed by atoms with van der Waals surface area (Å²) in [4.78, 5) is 21.3. The Labute approximate surface area is 82.9 Å². The molecule has 0 aliphatic carbocycles. The van der Waals surface area contributed by atoms with Gasteiger partial charge in [0.25, 0.3) is 0 Å². The van der Waals surface area contributed by atoms with Gasteiger partial charge < -0.3 is 15.7 Å². The van der Waals surface area contributed by atoms with Gasteiger partial charge in [0.05, 0.1) is 5.92 Å². The second-order valence-corrected chi connectivity index (χ2v) is 3.70. The lowest BCUT2D eigenvalue weighted by Gasteiger charge is -2.12. The average Bonchev–Trinajstić information content (AvgIpc) is 2.51. The van der Waals surface area contributed by atoms with E-state index in [-0.39, 0.29) is 17.9 Å². The highest BCUT2D eigenvalue weighted by Crippen LogP contribution is 2.05. The third-order valence-corrected chi connectivity index (χ3v) is 2.35. The minimum Gasteiger partial charge on any atom is -0.481 e. The number of carbonyl (C=O) groups excluding carboxylic acids is 1. The van der Waals surface area contributed by atoms with E-state index in [0.29, 0.717) is 19.5 Å². The predicted molar refractivity (Wildman–Crippen MR) is 50.8 cm³/mol. The van der Waals surface area contributed by atoms with Crippen molar-refractivity contribution in [3.63, 3.8) is 0 Å². The van der Waals surface area contributed by atoms with E-state index >= 15 is 0 Å². The Kier molecular flexibility index (Phi) is 3.88. The maximum absolute atomic E-state index is 10.8. The standard InChI is InChI=1S/C9H16N2O3/c1-6(9(13)14)4-10-5-7-2-3-8(12)11-7/h6-7,10H,2-5H2,1H3,(H,11,12)(H,13,14). The maximum Gasteiger partial charge on any atom is 0.307 e. The van der Waals surface area contributed by atoms with Crippen molar-refractivity contribution in [3.8, 4) is 0 Å². The Morgan fingerprint density at radius 3 is 3.00 bits per heavy atom. The number of carboxylic acids is 1. The van der Waals surface area contributed by atoms with E-state index < -0.39 is 5.97 Å². The van der Waals surface area contributed by atoms with Crippen LogP contribution in [0, 0.1) is 5.92 Å². The SMILES string of the molecule is CC(CNCC1CCC(=O)N1)C(=O)O. The summed E-state index contributed by atoms with van der Waals surface area (Å²) >= 11 is 0. The predicted octanol–water partition coefficient (Wildman–Crippen LogP) is -0.425. The fourth-order valence-corrected chi connectivity index (χ4v) is 1.39. The summed E-state index contributed by atoms with van der Waals surface area (Å²) in [5, 5.41) is 14.4. The molecule has 0 radical (unpaired) electrons. The van der Waals surface area contributed by atoms with Gasteiger partial charge in [0.1, 0.15) is 0 Å². The van der Waals surface area contributed by atoms with Crippen molar-refractivity contribution < 1.29 is 14.7 Å². The first kappa shape index (κ1) is 11.0. The van der Waals surface area contributed by atoms with Gasteiger partial charge in [0.2, 0.25) is 5.91 Å². The summed E-state index contributed by atoms with van der Waals surface area (Å²) < 4.78 is 0. The van der Waals surface area contributed by atoms with Crippen LogP contribution in [0.2, 0.25) is 0 Å². The van der Waals surface area contributed by atoms with Gasteiger partial charge in [-0.2, -0.15) is 0 Å². The lowest BCUT2D eigenvalue weighted by Crippen LogP contribution is -2.38. The highest BCUT2D eigenvalue weighted by atomic mass is 16.4. The third-order valence-electron chi connectivity index (χ3n) is 2.35. The van der Waals surface area contributed by atoms with Gasteiger partial charge in [0, 0.05) is 25.6 Å². The molecule has 0 aromatic heterocycles. The second kappa shape index (κ2) is 4.95. The van der Waals surface area contributed by atoms with Crippen LogP contribution in [0.3, 0.4) is 0 Å². The smallest absolute Gasteiger partial charge is 0.307 e. The third kappa shape index (κ3) is 3.33. The van der Waals surface area contributed by atoms with Gasteiger partial charge in [-0.25, -0.2) is 0 Å². The van der Waals surface area contributed by atoms with Crippen molar-refractivity contribution in [2.45, 2.75) is 25.8 Å². The first-order valence-corrected chi connectivity index (χ1v) is 4.82. The molecular weight excluding hydrogens is 184 g/mol. The molecule has 1 aliphatic heterocycles. The summed E-state index contributed by atoms with van der Waals surface area (Å²) in [7, 11) is 0. The first-order valence-electron chi connectivity index (χ1n) is 4.82. The molecular formula is C9H16N2O3. The van der Waals surface area contributed by atoms with Gasteiger partial charge in [0.15, 0.2) is 0 Å². The molecule has 14 heavy (non-hydrogen) atoms. The Bertz CT molecular complexity index is 230. The van der Waals surface area contributed by atoms with Gasteiger partial charge in [-0.15, -0.1) is 0 Å². The number of hydrogen-bond acceptors (Lipinski definition) is 3. The Morgan fingerprint density at radius 2 is 2.50 bits per heavy atom. The van der Waals surface area contributed by atoms with E-state index in [1.165, 1.54) is 0 Å². The van der Waals surface area contributed by atoms with Crippen molar-refractivity contribution in [2.24, 2.45) is 5.92 Å². The molecule has 0 saturated carbocycles. The maximum atomic E-state index is 10.8. The fourth-order valence-electron chi connectivity index (χ4n) is 1.39. The number of carboxylic acid groups (broad SMARTS) is 1.